The number of carbonyl (C=O) groups is 2. The van der Waals surface area contributed by atoms with E-state index < -0.39 is 34.2 Å². The van der Waals surface area contributed by atoms with E-state index in [0.717, 1.165) is 17.7 Å². The molecule has 0 aromatic heterocycles. The van der Waals surface area contributed by atoms with E-state index in [9.17, 15) is 24.1 Å². The molecule has 2 aromatic rings. The van der Waals surface area contributed by atoms with Gasteiger partial charge in [0.15, 0.2) is 0 Å². The molecular weight excluding hydrogens is 367 g/mol. The number of nitrogens with one attached hydrogen (secondary N) is 1. The molecule has 148 valence electrons. The number of esters is 1. The highest BCUT2D eigenvalue weighted by molar-refractivity contribution is 5.95. The van der Waals surface area contributed by atoms with Gasteiger partial charge < -0.3 is 10.1 Å². The molecule has 0 saturated heterocycles. The number of carbonyl (C=O) groups excluding carboxylic acids is 2. The molecule has 0 fully saturated rings. The summed E-state index contributed by atoms with van der Waals surface area (Å²) < 4.78 is 19.0. The molecule has 0 aliphatic heterocycles. The minimum absolute atomic E-state index is 0.0458. The number of amides is 1. The Morgan fingerprint density at radius 3 is 2.54 bits per heavy atom. The molecule has 1 unspecified atom stereocenters. The van der Waals surface area contributed by atoms with Crippen LogP contribution in [0.2, 0.25) is 0 Å². The maximum Gasteiger partial charge on any atom is 0.311 e. The van der Waals surface area contributed by atoms with Gasteiger partial charge in [0.2, 0.25) is 0 Å². The zero-order valence-corrected chi connectivity index (χ0v) is 15.6. The molecule has 8 heteroatoms. The predicted octanol–water partition coefficient (Wildman–Crippen LogP) is 3.19. The molecule has 1 N–H and O–H groups in total. The molecule has 0 bridgehead atoms. The van der Waals surface area contributed by atoms with Crippen LogP contribution in [-0.2, 0) is 16.0 Å². The van der Waals surface area contributed by atoms with Crippen LogP contribution in [0.15, 0.2) is 42.5 Å². The van der Waals surface area contributed by atoms with Crippen molar-refractivity contribution < 1.29 is 23.6 Å². The van der Waals surface area contributed by atoms with E-state index in [-0.39, 0.29) is 24.3 Å². The third kappa shape index (κ3) is 5.35. The van der Waals surface area contributed by atoms with Crippen LogP contribution in [0, 0.1) is 28.8 Å². The maximum atomic E-state index is 13.9. The van der Waals surface area contributed by atoms with Gasteiger partial charge in [-0.25, -0.2) is 4.39 Å². The van der Waals surface area contributed by atoms with Gasteiger partial charge in [-0.1, -0.05) is 30.3 Å². The average molecular weight is 388 g/mol. The van der Waals surface area contributed by atoms with Gasteiger partial charge in [-0.3, -0.25) is 19.7 Å². The van der Waals surface area contributed by atoms with Gasteiger partial charge in [0.25, 0.3) is 11.6 Å². The van der Waals surface area contributed by atoms with Gasteiger partial charge in [0, 0.05) is 18.2 Å². The Balaban J connectivity index is 2.14. The molecule has 28 heavy (non-hydrogen) atoms. The Labute approximate surface area is 161 Å². The SMILES string of the molecule is CCOC(=O)C(CNC(=O)c1cc(F)c(C)c([N+](=O)[O-])c1)Cc1ccccc1. The van der Waals surface area contributed by atoms with E-state index in [1.807, 2.05) is 30.3 Å². The number of nitrogens with zero attached hydrogens (tertiary/aromatic N) is 1. The summed E-state index contributed by atoms with van der Waals surface area (Å²) in [5.74, 6) is -2.65. The molecule has 0 spiro atoms. The summed E-state index contributed by atoms with van der Waals surface area (Å²) in [6, 6.07) is 11.2. The minimum Gasteiger partial charge on any atom is -0.466 e. The summed E-state index contributed by atoms with van der Waals surface area (Å²) >= 11 is 0. The van der Waals surface area contributed by atoms with Gasteiger partial charge in [-0.15, -0.1) is 0 Å². The van der Waals surface area contributed by atoms with E-state index in [1.54, 1.807) is 6.92 Å². The molecule has 0 heterocycles. The topological polar surface area (TPSA) is 98.5 Å². The predicted molar refractivity (Wildman–Crippen MR) is 100 cm³/mol. The van der Waals surface area contributed by atoms with Crippen LogP contribution in [0.5, 0.6) is 0 Å². The average Bonchev–Trinajstić information content (AvgIpc) is 2.67. The summed E-state index contributed by atoms with van der Waals surface area (Å²) in [5.41, 5.74) is 0.0929. The molecule has 0 aliphatic carbocycles. The Morgan fingerprint density at radius 2 is 1.93 bits per heavy atom. The third-order valence-electron chi connectivity index (χ3n) is 4.23. The highest BCUT2D eigenvalue weighted by atomic mass is 19.1. The summed E-state index contributed by atoms with van der Waals surface area (Å²) in [5, 5.41) is 13.6. The standard InChI is InChI=1S/C20H21FN2O5/c1-3-28-20(25)16(9-14-7-5-4-6-8-14)12-22-19(24)15-10-17(21)13(2)18(11-15)23(26)27/h4-8,10-11,16H,3,9,12H2,1-2H3,(H,22,24). The Kier molecular flexibility index (Phi) is 7.20. The van der Waals surface area contributed by atoms with Crippen molar-refractivity contribution >= 4 is 17.6 Å². The monoisotopic (exact) mass is 388 g/mol. The first-order chi connectivity index (χ1) is 13.3. The van der Waals surface area contributed by atoms with Crippen molar-refractivity contribution in [3.05, 3.63) is 75.1 Å². The van der Waals surface area contributed by atoms with Crippen molar-refractivity contribution in [3.63, 3.8) is 0 Å². The quantitative estimate of drug-likeness (QED) is 0.425. The molecule has 7 nitrogen and oxygen atoms in total. The molecule has 1 atom stereocenters. The number of nitro benzene ring substituents is 1. The highest BCUT2D eigenvalue weighted by Crippen LogP contribution is 2.23. The van der Waals surface area contributed by atoms with E-state index in [4.69, 9.17) is 4.74 Å². The molecule has 2 rings (SSSR count). The van der Waals surface area contributed by atoms with E-state index in [1.165, 1.54) is 6.92 Å². The lowest BCUT2D eigenvalue weighted by molar-refractivity contribution is -0.385. The number of rotatable bonds is 8. The van der Waals surface area contributed by atoms with Crippen LogP contribution in [-0.4, -0.2) is 30.0 Å². The van der Waals surface area contributed by atoms with Gasteiger partial charge in [-0.2, -0.15) is 0 Å². The fourth-order valence-corrected chi connectivity index (χ4v) is 2.70. The minimum atomic E-state index is -0.842. The second kappa shape index (κ2) is 9.59. The zero-order chi connectivity index (χ0) is 20.7. The molecule has 0 radical (unpaired) electrons. The van der Waals surface area contributed by atoms with Crippen molar-refractivity contribution in [2.75, 3.05) is 13.2 Å². The van der Waals surface area contributed by atoms with Crippen LogP contribution < -0.4 is 5.32 Å². The Morgan fingerprint density at radius 1 is 1.25 bits per heavy atom. The normalized spacial score (nSPS) is 11.5. The van der Waals surface area contributed by atoms with E-state index >= 15 is 0 Å². The van der Waals surface area contributed by atoms with E-state index in [0.29, 0.717) is 6.42 Å². The van der Waals surface area contributed by atoms with Crippen LogP contribution >= 0.6 is 0 Å². The van der Waals surface area contributed by atoms with Crippen molar-refractivity contribution in [2.24, 2.45) is 5.92 Å². The third-order valence-corrected chi connectivity index (χ3v) is 4.23. The molecule has 1 amide bonds. The summed E-state index contributed by atoms with van der Waals surface area (Å²) in [7, 11) is 0. The van der Waals surface area contributed by atoms with Gasteiger partial charge >= 0.3 is 5.97 Å². The first kappa shape index (κ1) is 21.0. The number of ether oxygens (including phenoxy) is 1. The fourth-order valence-electron chi connectivity index (χ4n) is 2.70. The van der Waals surface area contributed by atoms with Crippen LogP contribution in [0.3, 0.4) is 0 Å². The lowest BCUT2D eigenvalue weighted by Crippen LogP contribution is -2.35. The summed E-state index contributed by atoms with van der Waals surface area (Å²) in [4.78, 5) is 34.9. The first-order valence-electron chi connectivity index (χ1n) is 8.76. The van der Waals surface area contributed by atoms with E-state index in [2.05, 4.69) is 5.32 Å². The van der Waals surface area contributed by atoms with Crippen molar-refractivity contribution in [1.82, 2.24) is 5.32 Å². The second-order valence-electron chi connectivity index (χ2n) is 6.21. The Bertz CT molecular complexity index is 870. The van der Waals surface area contributed by atoms with Crippen molar-refractivity contribution in [3.8, 4) is 0 Å². The van der Waals surface area contributed by atoms with Crippen molar-refractivity contribution in [1.29, 1.82) is 0 Å². The lowest BCUT2D eigenvalue weighted by Gasteiger charge is -2.16. The van der Waals surface area contributed by atoms with Gasteiger partial charge in [0.05, 0.1) is 23.0 Å². The number of nitro groups is 1. The number of benzene rings is 2. The maximum absolute atomic E-state index is 13.9. The lowest BCUT2D eigenvalue weighted by atomic mass is 9.99. The summed E-state index contributed by atoms with van der Waals surface area (Å²) in [6.45, 7) is 3.11. The van der Waals surface area contributed by atoms with Crippen LogP contribution in [0.1, 0.15) is 28.4 Å². The Hall–Kier alpha value is -3.29. The smallest absolute Gasteiger partial charge is 0.311 e. The summed E-state index contributed by atoms with van der Waals surface area (Å²) in [6.07, 6.45) is 0.350. The number of hydrogen-bond donors (Lipinski definition) is 1. The highest BCUT2D eigenvalue weighted by Gasteiger charge is 2.23. The number of hydrogen-bond acceptors (Lipinski definition) is 5. The molecule has 0 saturated carbocycles. The molecule has 2 aromatic carbocycles. The largest absolute Gasteiger partial charge is 0.466 e. The second-order valence-corrected chi connectivity index (χ2v) is 6.21. The van der Waals surface area contributed by atoms with Crippen LogP contribution in [0.4, 0.5) is 10.1 Å². The number of halogens is 1. The zero-order valence-electron chi connectivity index (χ0n) is 15.6. The molecular formula is C20H21FN2O5. The van der Waals surface area contributed by atoms with Gasteiger partial charge in [-0.05, 0) is 31.9 Å². The first-order valence-corrected chi connectivity index (χ1v) is 8.76. The molecule has 0 aliphatic rings. The van der Waals surface area contributed by atoms with Gasteiger partial charge in [0.1, 0.15) is 5.82 Å². The van der Waals surface area contributed by atoms with Crippen LogP contribution in [0.25, 0.3) is 0 Å². The van der Waals surface area contributed by atoms with Crippen molar-refractivity contribution in [2.45, 2.75) is 20.3 Å². The fraction of sp³-hybridized carbons (Fsp3) is 0.300.